The summed E-state index contributed by atoms with van der Waals surface area (Å²) in [4.78, 5) is 64.1. The number of nitrogens with zero attached hydrogens (tertiary/aromatic N) is 4. The fourth-order valence-electron chi connectivity index (χ4n) is 12.7. The Morgan fingerprint density at radius 2 is 0.658 bits per heavy atom. The summed E-state index contributed by atoms with van der Waals surface area (Å²) in [6.45, 7) is 70.7. The zero-order chi connectivity index (χ0) is 107. The third-order valence-electron chi connectivity index (χ3n) is 25.2. The van der Waals surface area contributed by atoms with Crippen molar-refractivity contribution >= 4 is 67.0 Å². The summed E-state index contributed by atoms with van der Waals surface area (Å²) in [7, 11) is 0. The van der Waals surface area contributed by atoms with Crippen LogP contribution in [0.15, 0.2) is 224 Å². The van der Waals surface area contributed by atoms with Crippen molar-refractivity contribution in [1.29, 1.82) is 0 Å². The number of carbonyl (C=O) groups excluding carboxylic acids is 4. The van der Waals surface area contributed by atoms with E-state index >= 15 is 0 Å². The van der Waals surface area contributed by atoms with Crippen molar-refractivity contribution in [3.63, 3.8) is 0 Å². The Morgan fingerprint density at radius 3 is 0.979 bits per heavy atom. The number of furan rings is 4. The number of aliphatic hydroxyl groups excluding tert-OH is 4. The number of pyridine rings is 4. The Kier molecular flexibility index (Phi) is 52.2. The Hall–Kier alpha value is -10.5. The monoisotopic (exact) mass is 2710 g/mol. The first kappa shape index (κ1) is 132. The van der Waals surface area contributed by atoms with E-state index in [1.54, 1.807) is 37.3 Å². The first-order chi connectivity index (χ1) is 66.0. The molecule has 0 saturated carbocycles. The van der Waals surface area contributed by atoms with E-state index in [1.165, 1.54) is 29.9 Å². The zero-order valence-electron chi connectivity index (χ0n) is 92.5. The number of ether oxygens (including phenoxy) is 4. The Balaban J connectivity index is 0.000000567. The number of allylic oxidation sites excluding steroid dienone is 8. The maximum Gasteiger partial charge on any atom is 0.261 e. The molecule has 20 nitrogen and oxygen atoms in total. The van der Waals surface area contributed by atoms with Crippen molar-refractivity contribution in [2.75, 3.05) is 0 Å². The number of aryl methyl sites for hydroxylation is 8. The molecule has 0 saturated heterocycles. The molecule has 0 bridgehead atoms. The van der Waals surface area contributed by atoms with Gasteiger partial charge in [-0.15, -0.1) is 48.5 Å². The van der Waals surface area contributed by atoms with Crippen molar-refractivity contribution < 1.29 is 157 Å². The molecule has 0 aliphatic carbocycles. The molecule has 4 N–H and O–H groups in total. The van der Waals surface area contributed by atoms with Gasteiger partial charge in [-0.3, -0.25) is 19.2 Å². The smallest absolute Gasteiger partial charge is 0.261 e. The first-order valence-electron chi connectivity index (χ1n) is 49.1. The second-order valence-corrected chi connectivity index (χ2v) is 42.9. The van der Waals surface area contributed by atoms with Crippen LogP contribution in [0, 0.1) is 123 Å². The van der Waals surface area contributed by atoms with E-state index in [-0.39, 0.29) is 164 Å². The van der Waals surface area contributed by atoms with E-state index in [9.17, 15) is 39.6 Å². The van der Waals surface area contributed by atoms with Crippen LogP contribution in [0.2, 0.25) is 0 Å². The van der Waals surface area contributed by atoms with Crippen LogP contribution in [0.3, 0.4) is 0 Å². The minimum absolute atomic E-state index is 0. The van der Waals surface area contributed by atoms with Gasteiger partial charge in [0, 0.05) is 234 Å². The van der Waals surface area contributed by atoms with E-state index in [0.717, 1.165) is 122 Å². The first-order valence-corrected chi connectivity index (χ1v) is 49.1. The summed E-state index contributed by atoms with van der Waals surface area (Å²) in [5.74, 6) is 7.68. The molecule has 4 radical (unpaired) electrons. The molecule has 0 amide bonds. The van der Waals surface area contributed by atoms with Gasteiger partial charge in [0.2, 0.25) is 0 Å². The molecule has 8 heterocycles. The van der Waals surface area contributed by atoms with Crippen molar-refractivity contribution in [3.05, 3.63) is 286 Å². The van der Waals surface area contributed by atoms with Crippen LogP contribution in [0.1, 0.15) is 300 Å². The number of benzene rings is 5. The van der Waals surface area contributed by atoms with E-state index in [4.69, 9.17) is 36.6 Å². The maximum atomic E-state index is 11.8. The molecule has 24 heteroatoms. The molecule has 0 aliphatic heterocycles. The number of aliphatic hydroxyl groups is 4. The molecule has 146 heavy (non-hydrogen) atoms. The molecule has 5 aromatic carbocycles. The fourth-order valence-corrected chi connectivity index (χ4v) is 12.7. The van der Waals surface area contributed by atoms with E-state index in [0.29, 0.717) is 80.7 Å². The molecular weight excluding hydrogens is 2550 g/mol. The molecule has 13 rings (SSSR count). The average Bonchev–Trinajstić information content (AvgIpc) is 1.66. The van der Waals surface area contributed by atoms with Crippen LogP contribution < -0.4 is 18.9 Å². The van der Waals surface area contributed by atoms with Gasteiger partial charge in [0.25, 0.3) is 23.5 Å². The SMILES string of the molecule is CC(C)(C)C(=O)C=C(O)C(C)(C)C.CCC(C)(C)C(=O)C=C(O)C(C)(C)CC.CCC(C)(C)C(=O)C=C(O)C(C)(C)CC.CCC(C)(C)C(=O)C=C(O)C(C)(C)CC.Cc1[c-]c(Oc2nccc3c(C(C)C)coc23)cc(C)c1.Cc1[c-]c(Oc2nccc3cc(-c4ccccc4)oc23)cc(C)c1.Cc1[c-]c(Oc2nccc3cc(C(C)C)oc23)cc(C)c1.Cc1[c-]c(Oc2nccc3ccoc23)cc(C)c1.[Ir].[Ir].[Ir].[Ir]. The van der Waals surface area contributed by atoms with E-state index in [1.807, 2.05) is 325 Å². The Bertz CT molecular complexity index is 6260. The molecule has 8 aromatic heterocycles. The zero-order valence-corrected chi connectivity index (χ0v) is 102. The van der Waals surface area contributed by atoms with Crippen molar-refractivity contribution in [2.45, 2.75) is 300 Å². The summed E-state index contributed by atoms with van der Waals surface area (Å²) in [5.41, 5.74) is 10.7. The molecule has 0 atom stereocenters. The van der Waals surface area contributed by atoms with Crippen molar-refractivity contribution in [1.82, 2.24) is 19.9 Å². The van der Waals surface area contributed by atoms with Gasteiger partial charge < -0.3 is 57.0 Å². The third kappa shape index (κ3) is 39.9. The predicted molar refractivity (Wildman–Crippen MR) is 575 cm³/mol. The van der Waals surface area contributed by atoms with Gasteiger partial charge in [0.15, 0.2) is 45.5 Å². The molecule has 0 unspecified atom stereocenters. The van der Waals surface area contributed by atoms with Gasteiger partial charge in [-0.2, -0.15) is 68.8 Å². The van der Waals surface area contributed by atoms with Crippen LogP contribution in [-0.4, -0.2) is 63.5 Å². The normalized spacial score (nSPS) is 12.0. The van der Waals surface area contributed by atoms with Gasteiger partial charge in [-0.25, -0.2) is 19.9 Å². The van der Waals surface area contributed by atoms with Gasteiger partial charge in [0.05, 0.1) is 12.5 Å². The molecule has 0 spiro atoms. The number of hydrogen-bond donors (Lipinski definition) is 4. The molecule has 800 valence electrons. The topological polar surface area (TPSA) is 290 Å². The second kappa shape index (κ2) is 57.9. The minimum atomic E-state index is -0.417. The molecule has 0 fully saturated rings. The number of fused-ring (bicyclic) bond motifs is 4. The summed E-state index contributed by atoms with van der Waals surface area (Å²) in [5, 5.41) is 43.1. The molecular formula is C122H156Ir4N4O16-4. The maximum absolute atomic E-state index is 11.8. The Morgan fingerprint density at radius 1 is 0.342 bits per heavy atom. The van der Waals surface area contributed by atoms with Gasteiger partial charge in [-0.1, -0.05) is 280 Å². The predicted octanol–water partition coefficient (Wildman–Crippen LogP) is 34.8. The molecule has 13 aromatic rings. The summed E-state index contributed by atoms with van der Waals surface area (Å²) < 4.78 is 46.4. The number of ketones is 4. The Labute approximate surface area is 922 Å². The van der Waals surface area contributed by atoms with Crippen LogP contribution in [0.25, 0.3) is 55.2 Å². The van der Waals surface area contributed by atoms with Crippen LogP contribution in [-0.2, 0) is 99.6 Å². The summed E-state index contributed by atoms with van der Waals surface area (Å²) >= 11 is 0. The average molecular weight is 2700 g/mol. The number of aromatic nitrogens is 4. The fraction of sp³-hybridized carbons (Fsp3) is 0.426. The number of carbonyl (C=O) groups is 4. The van der Waals surface area contributed by atoms with E-state index < -0.39 is 5.41 Å². The standard InChI is InChI=1S/C21H16NO2.2C18H18NO2.C15H12NO2.3C13H24O2.C11H20O2.4Ir/c1-14-10-15(2)12-18(11-14)23-21-20-17(8-9-22-21)13-19(24-20)16-6-4-3-5-7-16;1-11(2)16-10-20-17-15(16)5-6-19-18(17)21-14-8-12(3)7-13(4)9-14;1-11(2)16-10-14-5-6-19-18(17(14)21-16)20-15-8-12(3)7-13(4)9-15;1-10-7-11(2)9-13(8-10)18-15-14-12(3-5-16-15)4-6-17-14;3*1-7-12(3,4)10(14)9-11(15)13(5,6)8-2;1-10(2,3)8(12)7-9(13)11(4,5)6;;;;/h3-11,13H,1-2H3;2*5-8,10-11H,1-4H3;3-8H,1-2H3;3*9,14H,7-8H2,1-6H3;7,12H,1-6H3;;;;/q4*-1;;;;;;;;. The largest absolute Gasteiger partial charge is 0.512 e. The molecule has 0 aliphatic rings. The third-order valence-corrected chi connectivity index (χ3v) is 25.2. The van der Waals surface area contributed by atoms with E-state index in [2.05, 4.69) is 90.1 Å². The van der Waals surface area contributed by atoms with Crippen molar-refractivity contribution in [3.8, 4) is 57.8 Å². The van der Waals surface area contributed by atoms with Crippen LogP contribution >= 0.6 is 0 Å². The summed E-state index contributed by atoms with van der Waals surface area (Å²) in [6.07, 6.45) is 20.6. The summed E-state index contributed by atoms with van der Waals surface area (Å²) in [6, 6.07) is 52.3. The van der Waals surface area contributed by atoms with Gasteiger partial charge >= 0.3 is 0 Å². The van der Waals surface area contributed by atoms with Gasteiger partial charge in [0.1, 0.15) is 34.6 Å². The minimum Gasteiger partial charge on any atom is -0.512 e. The second-order valence-electron chi connectivity index (χ2n) is 42.9. The number of rotatable bonds is 27. The number of hydrogen-bond acceptors (Lipinski definition) is 20. The quantitative estimate of drug-likeness (QED) is 0.0211. The van der Waals surface area contributed by atoms with Crippen molar-refractivity contribution in [2.24, 2.45) is 43.3 Å². The van der Waals surface area contributed by atoms with Crippen LogP contribution in [0.4, 0.5) is 0 Å². The van der Waals surface area contributed by atoms with Crippen LogP contribution in [0.5, 0.6) is 46.5 Å². The van der Waals surface area contributed by atoms with Gasteiger partial charge in [-0.05, 0) is 86.9 Å².